The summed E-state index contributed by atoms with van der Waals surface area (Å²) < 4.78 is 28.7. The molecule has 4 heteroatoms. The third kappa shape index (κ3) is 2.69. The summed E-state index contributed by atoms with van der Waals surface area (Å²) in [6.45, 7) is 3.53. The normalized spacial score (nSPS) is 12.5. The van der Waals surface area contributed by atoms with Gasteiger partial charge in [-0.25, -0.2) is 8.78 Å². The van der Waals surface area contributed by atoms with Crippen LogP contribution in [-0.4, -0.2) is 0 Å². The van der Waals surface area contributed by atoms with Crippen molar-refractivity contribution in [2.75, 3.05) is 0 Å². The number of rotatable bonds is 2. The molecule has 2 aromatic rings. The highest BCUT2D eigenvalue weighted by Gasteiger charge is 2.20. The van der Waals surface area contributed by atoms with E-state index in [9.17, 15) is 8.78 Å². The van der Waals surface area contributed by atoms with E-state index in [2.05, 4.69) is 15.9 Å². The zero-order valence-electron chi connectivity index (χ0n) is 10.7. The Bertz CT molecular complexity index is 626. The molecule has 2 rings (SSSR count). The highest BCUT2D eigenvalue weighted by Crippen LogP contribution is 2.29. The van der Waals surface area contributed by atoms with Crippen LogP contribution in [0.2, 0.25) is 0 Å². The molecule has 0 bridgehead atoms. The molecular formula is C15H14BrF2N. The minimum absolute atomic E-state index is 0.0873. The average molecular weight is 326 g/mol. The molecule has 1 atom stereocenters. The van der Waals surface area contributed by atoms with Gasteiger partial charge in [0.1, 0.15) is 11.6 Å². The molecule has 0 heterocycles. The van der Waals surface area contributed by atoms with E-state index >= 15 is 0 Å². The van der Waals surface area contributed by atoms with Crippen LogP contribution in [-0.2, 0) is 0 Å². The molecule has 100 valence electrons. The second-order valence-corrected chi connectivity index (χ2v) is 5.43. The number of benzene rings is 2. The molecule has 0 aliphatic rings. The molecule has 1 nitrogen and oxygen atoms in total. The quantitative estimate of drug-likeness (QED) is 0.870. The highest BCUT2D eigenvalue weighted by atomic mass is 79.9. The first kappa shape index (κ1) is 14.2. The summed E-state index contributed by atoms with van der Waals surface area (Å²) in [7, 11) is 0. The Kier molecular flexibility index (Phi) is 4.02. The Labute approximate surface area is 119 Å². The van der Waals surface area contributed by atoms with E-state index in [1.165, 1.54) is 12.1 Å². The van der Waals surface area contributed by atoms with E-state index < -0.39 is 17.7 Å². The number of aryl methyl sites for hydroxylation is 2. The molecule has 2 N–H and O–H groups in total. The maximum absolute atomic E-state index is 14.0. The van der Waals surface area contributed by atoms with Crippen LogP contribution < -0.4 is 5.73 Å². The van der Waals surface area contributed by atoms with Crippen molar-refractivity contribution in [3.8, 4) is 0 Å². The van der Waals surface area contributed by atoms with Crippen molar-refractivity contribution < 1.29 is 8.78 Å². The van der Waals surface area contributed by atoms with Crippen LogP contribution >= 0.6 is 15.9 Å². The fraction of sp³-hybridized carbons (Fsp3) is 0.200. The van der Waals surface area contributed by atoms with Gasteiger partial charge in [-0.1, -0.05) is 34.1 Å². The number of hydrogen-bond donors (Lipinski definition) is 1. The second-order valence-electron chi connectivity index (χ2n) is 4.58. The summed E-state index contributed by atoms with van der Waals surface area (Å²) in [4.78, 5) is 0. The van der Waals surface area contributed by atoms with Crippen LogP contribution in [0.15, 0.2) is 34.8 Å². The lowest BCUT2D eigenvalue weighted by atomic mass is 9.96. The van der Waals surface area contributed by atoms with Gasteiger partial charge in [0.15, 0.2) is 0 Å². The van der Waals surface area contributed by atoms with Gasteiger partial charge >= 0.3 is 0 Å². The third-order valence-electron chi connectivity index (χ3n) is 3.19. The Morgan fingerprint density at radius 1 is 1.05 bits per heavy atom. The smallest absolute Gasteiger partial charge is 0.134 e. The van der Waals surface area contributed by atoms with Gasteiger partial charge in [0.25, 0.3) is 0 Å². The van der Waals surface area contributed by atoms with Gasteiger partial charge in [0.05, 0.1) is 6.04 Å². The van der Waals surface area contributed by atoms with E-state index in [-0.39, 0.29) is 5.56 Å². The third-order valence-corrected chi connectivity index (χ3v) is 4.04. The molecule has 0 fully saturated rings. The number of halogens is 3. The minimum atomic E-state index is -0.822. The van der Waals surface area contributed by atoms with E-state index in [0.29, 0.717) is 11.1 Å². The maximum Gasteiger partial charge on any atom is 0.134 e. The van der Waals surface area contributed by atoms with E-state index in [0.717, 1.165) is 10.0 Å². The summed E-state index contributed by atoms with van der Waals surface area (Å²) in [6, 6.07) is 7.28. The number of hydrogen-bond acceptors (Lipinski definition) is 1. The summed E-state index contributed by atoms with van der Waals surface area (Å²) in [6.07, 6.45) is 0. The summed E-state index contributed by atoms with van der Waals surface area (Å²) >= 11 is 3.40. The summed E-state index contributed by atoms with van der Waals surface area (Å²) in [5.74, 6) is -1.20. The van der Waals surface area contributed by atoms with Gasteiger partial charge in [0, 0.05) is 10.0 Å². The Morgan fingerprint density at radius 3 is 2.32 bits per heavy atom. The predicted octanol–water partition coefficient (Wildman–Crippen LogP) is 4.39. The fourth-order valence-electron chi connectivity index (χ4n) is 1.93. The van der Waals surface area contributed by atoms with Crippen molar-refractivity contribution in [3.05, 3.63) is 68.7 Å². The molecule has 0 aliphatic carbocycles. The van der Waals surface area contributed by atoms with Crippen LogP contribution in [0.4, 0.5) is 8.78 Å². The van der Waals surface area contributed by atoms with Crippen LogP contribution in [0, 0.1) is 25.5 Å². The van der Waals surface area contributed by atoms with Crippen LogP contribution in [0.1, 0.15) is 28.3 Å². The van der Waals surface area contributed by atoms with Crippen LogP contribution in [0.25, 0.3) is 0 Å². The second kappa shape index (κ2) is 5.39. The highest BCUT2D eigenvalue weighted by molar-refractivity contribution is 9.10. The Morgan fingerprint density at radius 2 is 1.68 bits per heavy atom. The minimum Gasteiger partial charge on any atom is -0.320 e. The summed E-state index contributed by atoms with van der Waals surface area (Å²) in [5.41, 5.74) is 8.01. The monoisotopic (exact) mass is 325 g/mol. The van der Waals surface area contributed by atoms with Crippen molar-refractivity contribution in [3.63, 3.8) is 0 Å². The Hall–Kier alpha value is -1.26. The lowest BCUT2D eigenvalue weighted by Crippen LogP contribution is -2.16. The molecule has 19 heavy (non-hydrogen) atoms. The lowest BCUT2D eigenvalue weighted by Gasteiger charge is -2.16. The van der Waals surface area contributed by atoms with Crippen molar-refractivity contribution in [1.29, 1.82) is 0 Å². The zero-order chi connectivity index (χ0) is 14.2. The van der Waals surface area contributed by atoms with E-state index in [4.69, 9.17) is 5.73 Å². The molecule has 0 aliphatic heterocycles. The molecule has 0 saturated carbocycles. The molecule has 0 amide bonds. The molecule has 0 spiro atoms. The zero-order valence-corrected chi connectivity index (χ0v) is 12.3. The van der Waals surface area contributed by atoms with Crippen molar-refractivity contribution in [1.82, 2.24) is 0 Å². The van der Waals surface area contributed by atoms with Crippen molar-refractivity contribution in [2.24, 2.45) is 5.73 Å². The molecular weight excluding hydrogens is 312 g/mol. The number of nitrogens with two attached hydrogens (primary N) is 1. The summed E-state index contributed by atoms with van der Waals surface area (Å²) in [5, 5.41) is 0. The average Bonchev–Trinajstić information content (AvgIpc) is 2.37. The van der Waals surface area contributed by atoms with Crippen LogP contribution in [0.3, 0.4) is 0 Å². The lowest BCUT2D eigenvalue weighted by molar-refractivity contribution is 0.538. The first-order valence-corrected chi connectivity index (χ1v) is 6.67. The SMILES string of the molecule is Cc1ccc(C(N)c2c(F)ccc(C)c2F)cc1Br. The van der Waals surface area contributed by atoms with Crippen LogP contribution in [0.5, 0.6) is 0 Å². The predicted molar refractivity (Wildman–Crippen MR) is 76.0 cm³/mol. The first-order chi connectivity index (χ1) is 8.91. The largest absolute Gasteiger partial charge is 0.320 e. The van der Waals surface area contributed by atoms with E-state index in [1.54, 1.807) is 19.1 Å². The van der Waals surface area contributed by atoms with Gasteiger partial charge < -0.3 is 5.73 Å². The van der Waals surface area contributed by atoms with Crippen molar-refractivity contribution in [2.45, 2.75) is 19.9 Å². The molecule has 1 unspecified atom stereocenters. The standard InChI is InChI=1S/C15H14BrF2N/c1-8-3-5-10(7-11(8)16)15(19)13-12(17)6-4-9(2)14(13)18/h3-7,15H,19H2,1-2H3. The molecule has 0 saturated heterocycles. The van der Waals surface area contributed by atoms with Gasteiger partial charge in [-0.2, -0.15) is 0 Å². The Balaban J connectivity index is 2.52. The van der Waals surface area contributed by atoms with Gasteiger partial charge in [-0.3, -0.25) is 0 Å². The van der Waals surface area contributed by atoms with Crippen molar-refractivity contribution >= 4 is 15.9 Å². The maximum atomic E-state index is 14.0. The molecule has 0 radical (unpaired) electrons. The first-order valence-electron chi connectivity index (χ1n) is 5.88. The fourth-order valence-corrected chi connectivity index (χ4v) is 2.33. The van der Waals surface area contributed by atoms with Gasteiger partial charge in [-0.05, 0) is 42.7 Å². The van der Waals surface area contributed by atoms with Gasteiger partial charge in [0.2, 0.25) is 0 Å². The van der Waals surface area contributed by atoms with Gasteiger partial charge in [-0.15, -0.1) is 0 Å². The molecule has 0 aromatic heterocycles. The van der Waals surface area contributed by atoms with E-state index in [1.807, 2.05) is 13.0 Å². The topological polar surface area (TPSA) is 26.0 Å². The molecule has 2 aromatic carbocycles.